The fourth-order valence-electron chi connectivity index (χ4n) is 3.96. The summed E-state index contributed by atoms with van der Waals surface area (Å²) in [7, 11) is 0. The van der Waals surface area contributed by atoms with Crippen molar-refractivity contribution in [3.05, 3.63) is 138 Å². The van der Waals surface area contributed by atoms with Gasteiger partial charge in [0.25, 0.3) is 5.91 Å². The summed E-state index contributed by atoms with van der Waals surface area (Å²) in [5.74, 6) is 0.653. The van der Waals surface area contributed by atoms with Crippen molar-refractivity contribution in [1.29, 1.82) is 0 Å². The largest absolute Gasteiger partial charge is 0.487 e. The Bertz CT molecular complexity index is 1500. The van der Waals surface area contributed by atoms with Gasteiger partial charge in [-0.15, -0.1) is 0 Å². The molecular formula is C31H23Br3N2O2S. The molecule has 0 N–H and O–H groups in total. The molecule has 1 saturated heterocycles. The number of carbonyl (C=O) groups is 1. The molecule has 4 aromatic carbocycles. The Hall–Kier alpha value is -2.65. The Morgan fingerprint density at radius 3 is 2.05 bits per heavy atom. The predicted octanol–water partition coefficient (Wildman–Crippen LogP) is 9.23. The number of thioether (sulfide) groups is 1. The van der Waals surface area contributed by atoms with Crippen LogP contribution in [-0.2, 0) is 24.5 Å². The molecule has 0 spiro atoms. The molecule has 39 heavy (non-hydrogen) atoms. The van der Waals surface area contributed by atoms with E-state index in [1.165, 1.54) is 11.8 Å². The summed E-state index contributed by atoms with van der Waals surface area (Å²) in [6.45, 7) is 1.42. The van der Waals surface area contributed by atoms with Gasteiger partial charge in [-0.25, -0.2) is 0 Å². The van der Waals surface area contributed by atoms with Gasteiger partial charge in [0, 0.05) is 4.47 Å². The lowest BCUT2D eigenvalue weighted by molar-refractivity contribution is -0.122. The highest BCUT2D eigenvalue weighted by Crippen LogP contribution is 2.38. The lowest BCUT2D eigenvalue weighted by Crippen LogP contribution is -2.28. The highest BCUT2D eigenvalue weighted by Gasteiger charge is 2.33. The molecule has 1 aliphatic rings. The third-order valence-corrected chi connectivity index (χ3v) is 8.68. The van der Waals surface area contributed by atoms with Crippen molar-refractivity contribution in [1.82, 2.24) is 4.90 Å². The van der Waals surface area contributed by atoms with E-state index in [-0.39, 0.29) is 5.91 Å². The molecule has 0 unspecified atom stereocenters. The Labute approximate surface area is 257 Å². The van der Waals surface area contributed by atoms with E-state index < -0.39 is 0 Å². The van der Waals surface area contributed by atoms with Gasteiger partial charge in [0.05, 0.1) is 26.9 Å². The normalized spacial score (nSPS) is 15.4. The summed E-state index contributed by atoms with van der Waals surface area (Å²) in [5, 5.41) is 0.700. The van der Waals surface area contributed by atoms with E-state index in [0.717, 1.165) is 35.7 Å². The first kappa shape index (κ1) is 27.9. The summed E-state index contributed by atoms with van der Waals surface area (Å²) in [4.78, 5) is 20.8. The molecule has 1 aliphatic heterocycles. The first-order valence-electron chi connectivity index (χ1n) is 12.2. The number of amides is 1. The molecule has 1 fully saturated rings. The molecule has 4 nitrogen and oxygen atoms in total. The van der Waals surface area contributed by atoms with Gasteiger partial charge in [0.2, 0.25) is 0 Å². The minimum atomic E-state index is -0.0570. The van der Waals surface area contributed by atoms with Gasteiger partial charge in [-0.3, -0.25) is 14.7 Å². The topological polar surface area (TPSA) is 41.9 Å². The Kier molecular flexibility index (Phi) is 9.40. The molecule has 0 aromatic heterocycles. The highest BCUT2D eigenvalue weighted by molar-refractivity contribution is 9.11. The molecule has 0 saturated carbocycles. The van der Waals surface area contributed by atoms with E-state index in [1.54, 1.807) is 4.90 Å². The Balaban J connectivity index is 1.38. The third kappa shape index (κ3) is 7.31. The van der Waals surface area contributed by atoms with Crippen molar-refractivity contribution in [2.24, 2.45) is 4.99 Å². The summed E-state index contributed by atoms with van der Waals surface area (Å²) >= 11 is 12.2. The van der Waals surface area contributed by atoms with Crippen LogP contribution in [0.1, 0.15) is 22.3 Å². The minimum Gasteiger partial charge on any atom is -0.487 e. The molecule has 1 amide bonds. The van der Waals surface area contributed by atoms with Gasteiger partial charge in [-0.05, 0) is 96.2 Å². The average molecular weight is 727 g/mol. The molecule has 5 rings (SSSR count). The fourth-order valence-corrected chi connectivity index (χ4v) is 6.65. The van der Waals surface area contributed by atoms with Crippen molar-refractivity contribution in [3.63, 3.8) is 0 Å². The van der Waals surface area contributed by atoms with Gasteiger partial charge in [-0.2, -0.15) is 0 Å². The molecule has 0 aliphatic carbocycles. The van der Waals surface area contributed by atoms with Crippen molar-refractivity contribution >= 4 is 76.7 Å². The molecule has 0 radical (unpaired) electrons. The number of hydrogen-bond donors (Lipinski definition) is 0. The number of rotatable bonds is 8. The van der Waals surface area contributed by atoms with Gasteiger partial charge in [-0.1, -0.05) is 88.7 Å². The van der Waals surface area contributed by atoms with Crippen molar-refractivity contribution in [2.75, 3.05) is 0 Å². The van der Waals surface area contributed by atoms with Crippen LogP contribution >= 0.6 is 59.6 Å². The van der Waals surface area contributed by atoms with E-state index in [2.05, 4.69) is 47.8 Å². The molecule has 196 valence electrons. The van der Waals surface area contributed by atoms with Crippen LogP contribution in [0.3, 0.4) is 0 Å². The molecule has 4 aromatic rings. The van der Waals surface area contributed by atoms with Gasteiger partial charge in [0.15, 0.2) is 5.17 Å². The van der Waals surface area contributed by atoms with E-state index in [4.69, 9.17) is 9.73 Å². The number of carbonyl (C=O) groups excluding carboxylic acids is 1. The number of ether oxygens (including phenoxy) is 1. The Morgan fingerprint density at radius 2 is 1.41 bits per heavy atom. The van der Waals surface area contributed by atoms with Crippen LogP contribution in [0, 0.1) is 0 Å². The first-order chi connectivity index (χ1) is 19.0. The minimum absolute atomic E-state index is 0.0570. The molecule has 8 heteroatoms. The van der Waals surface area contributed by atoms with Crippen LogP contribution in [0.2, 0.25) is 0 Å². The van der Waals surface area contributed by atoms with Crippen LogP contribution in [-0.4, -0.2) is 16.0 Å². The maximum atomic E-state index is 13.6. The molecule has 1 heterocycles. The van der Waals surface area contributed by atoms with E-state index in [0.29, 0.717) is 35.5 Å². The van der Waals surface area contributed by atoms with Gasteiger partial charge < -0.3 is 4.74 Å². The summed E-state index contributed by atoms with van der Waals surface area (Å²) < 4.78 is 8.72. The van der Waals surface area contributed by atoms with E-state index in [9.17, 15) is 4.79 Å². The fraction of sp³-hybridized carbons (Fsp3) is 0.0968. The number of amidine groups is 1. The highest BCUT2D eigenvalue weighted by atomic mass is 79.9. The van der Waals surface area contributed by atoms with Crippen LogP contribution in [0.4, 0.5) is 0 Å². The molecule has 0 atom stereocenters. The zero-order chi connectivity index (χ0) is 27.2. The maximum Gasteiger partial charge on any atom is 0.267 e. The number of benzene rings is 4. The SMILES string of the molecule is O=C1/C(=C\c2cc(Br)c(OCc3ccc(Br)cc3)c(Br)c2)SC(=NCc2ccccc2)N1Cc1ccccc1. The van der Waals surface area contributed by atoms with E-state index >= 15 is 0 Å². The zero-order valence-electron chi connectivity index (χ0n) is 20.7. The monoisotopic (exact) mass is 724 g/mol. The number of aliphatic imine (C=N–C) groups is 1. The number of hydrogen-bond acceptors (Lipinski definition) is 4. The van der Waals surface area contributed by atoms with Crippen LogP contribution < -0.4 is 4.74 Å². The lowest BCUT2D eigenvalue weighted by atomic mass is 10.2. The smallest absolute Gasteiger partial charge is 0.267 e. The maximum absolute atomic E-state index is 13.6. The van der Waals surface area contributed by atoms with Crippen molar-refractivity contribution in [2.45, 2.75) is 19.7 Å². The Morgan fingerprint density at radius 1 is 0.795 bits per heavy atom. The first-order valence-corrected chi connectivity index (χ1v) is 15.4. The van der Waals surface area contributed by atoms with Gasteiger partial charge in [0.1, 0.15) is 12.4 Å². The van der Waals surface area contributed by atoms with Crippen LogP contribution in [0.5, 0.6) is 5.75 Å². The van der Waals surface area contributed by atoms with Crippen LogP contribution in [0.15, 0.2) is 120 Å². The average Bonchev–Trinajstić information content (AvgIpc) is 3.22. The number of nitrogens with zero attached hydrogens (tertiary/aromatic N) is 2. The standard InChI is InChI=1S/C31H23Br3N2O2S/c32-25-13-11-23(12-14-25)20-38-29-26(33)15-24(16-27(29)34)17-28-30(37)36(19-22-9-5-2-6-10-22)31(39-28)35-18-21-7-3-1-4-8-21/h1-17H,18-20H2/b28-17+,35-31?. The quantitative estimate of drug-likeness (QED) is 0.170. The number of halogens is 3. The second-order valence-electron chi connectivity index (χ2n) is 8.80. The van der Waals surface area contributed by atoms with Gasteiger partial charge >= 0.3 is 0 Å². The zero-order valence-corrected chi connectivity index (χ0v) is 26.3. The summed E-state index contributed by atoms with van der Waals surface area (Å²) in [6, 6.07) is 32.0. The predicted molar refractivity (Wildman–Crippen MR) is 170 cm³/mol. The second kappa shape index (κ2) is 13.1. The van der Waals surface area contributed by atoms with Crippen LogP contribution in [0.25, 0.3) is 6.08 Å². The second-order valence-corrected chi connectivity index (χ2v) is 12.4. The summed E-state index contributed by atoms with van der Waals surface area (Å²) in [6.07, 6.45) is 1.91. The van der Waals surface area contributed by atoms with E-state index in [1.807, 2.05) is 103 Å². The third-order valence-electron chi connectivity index (χ3n) is 5.93. The van der Waals surface area contributed by atoms with Crippen molar-refractivity contribution in [3.8, 4) is 5.75 Å². The summed E-state index contributed by atoms with van der Waals surface area (Å²) in [5.41, 5.74) is 4.10. The molecule has 0 bridgehead atoms. The molecular weight excluding hydrogens is 704 g/mol. The lowest BCUT2D eigenvalue weighted by Gasteiger charge is -2.15. The van der Waals surface area contributed by atoms with Crippen molar-refractivity contribution < 1.29 is 9.53 Å².